The van der Waals surface area contributed by atoms with E-state index in [1.165, 1.54) is 0 Å². The van der Waals surface area contributed by atoms with Crippen LogP contribution in [0.1, 0.15) is 12.5 Å². The van der Waals surface area contributed by atoms with Crippen LogP contribution in [0.4, 0.5) is 0 Å². The van der Waals surface area contributed by atoms with Crippen LogP contribution in [0.2, 0.25) is 0 Å². The van der Waals surface area contributed by atoms with E-state index >= 15 is 0 Å². The molecule has 0 amide bonds. The van der Waals surface area contributed by atoms with Crippen molar-refractivity contribution in [2.75, 3.05) is 7.11 Å². The molecule has 1 nitrogen and oxygen atoms in total. The standard InChI is InChI=1S/C13H16O/c1-5-10(2)11(3)12-6-8-13(14-4)9-7-12/h5-10H,1,3H2,2,4H3. The maximum Gasteiger partial charge on any atom is 0.118 e. The van der Waals surface area contributed by atoms with Gasteiger partial charge in [-0.05, 0) is 29.2 Å². The zero-order chi connectivity index (χ0) is 10.6. The highest BCUT2D eigenvalue weighted by Crippen LogP contribution is 2.23. The van der Waals surface area contributed by atoms with Crippen LogP contribution in [0.5, 0.6) is 5.75 Å². The number of allylic oxidation sites excluding steroid dienone is 2. The minimum absolute atomic E-state index is 0.309. The van der Waals surface area contributed by atoms with Crippen LogP contribution >= 0.6 is 0 Å². The van der Waals surface area contributed by atoms with Gasteiger partial charge in [0.1, 0.15) is 5.75 Å². The number of methoxy groups -OCH3 is 1. The molecular formula is C13H16O. The first-order valence-electron chi connectivity index (χ1n) is 4.64. The maximum absolute atomic E-state index is 5.09. The third-order valence-corrected chi connectivity index (χ3v) is 2.36. The van der Waals surface area contributed by atoms with Crippen molar-refractivity contribution < 1.29 is 4.74 Å². The van der Waals surface area contributed by atoms with Crippen LogP contribution in [0.3, 0.4) is 0 Å². The lowest BCUT2D eigenvalue weighted by atomic mass is 9.96. The van der Waals surface area contributed by atoms with Gasteiger partial charge in [-0.3, -0.25) is 0 Å². The monoisotopic (exact) mass is 188 g/mol. The molecule has 1 atom stereocenters. The largest absolute Gasteiger partial charge is 0.497 e. The van der Waals surface area contributed by atoms with Crippen LogP contribution in [0.25, 0.3) is 5.57 Å². The molecule has 0 aliphatic carbocycles. The van der Waals surface area contributed by atoms with E-state index in [1.807, 2.05) is 30.3 Å². The van der Waals surface area contributed by atoms with Crippen molar-refractivity contribution in [2.24, 2.45) is 5.92 Å². The summed E-state index contributed by atoms with van der Waals surface area (Å²) in [6.45, 7) is 9.88. The minimum atomic E-state index is 0.309. The Morgan fingerprint density at radius 1 is 1.36 bits per heavy atom. The highest BCUT2D eigenvalue weighted by molar-refractivity contribution is 5.66. The zero-order valence-electron chi connectivity index (χ0n) is 8.79. The number of hydrogen-bond acceptors (Lipinski definition) is 1. The predicted octanol–water partition coefficient (Wildman–Crippen LogP) is 3.53. The first kappa shape index (κ1) is 10.6. The Hall–Kier alpha value is -1.50. The second-order valence-corrected chi connectivity index (χ2v) is 3.28. The molecule has 1 aromatic carbocycles. The molecule has 0 saturated heterocycles. The van der Waals surface area contributed by atoms with Crippen molar-refractivity contribution in [1.29, 1.82) is 0 Å². The van der Waals surface area contributed by atoms with Crippen molar-refractivity contribution in [3.8, 4) is 5.75 Å². The van der Waals surface area contributed by atoms with Crippen LogP contribution in [-0.2, 0) is 0 Å². The fourth-order valence-corrected chi connectivity index (χ4v) is 1.21. The molecule has 0 fully saturated rings. The lowest BCUT2D eigenvalue weighted by molar-refractivity contribution is 0.415. The van der Waals surface area contributed by atoms with Gasteiger partial charge in [-0.2, -0.15) is 0 Å². The molecule has 14 heavy (non-hydrogen) atoms. The smallest absolute Gasteiger partial charge is 0.118 e. The average molecular weight is 188 g/mol. The number of hydrogen-bond donors (Lipinski definition) is 0. The van der Waals surface area contributed by atoms with Gasteiger partial charge >= 0.3 is 0 Å². The maximum atomic E-state index is 5.09. The van der Waals surface area contributed by atoms with Gasteiger partial charge in [0.25, 0.3) is 0 Å². The summed E-state index contributed by atoms with van der Waals surface area (Å²) in [5.41, 5.74) is 2.22. The van der Waals surface area contributed by atoms with Crippen molar-refractivity contribution >= 4 is 5.57 Å². The molecule has 0 radical (unpaired) electrons. The van der Waals surface area contributed by atoms with Crippen molar-refractivity contribution in [3.63, 3.8) is 0 Å². The fraction of sp³-hybridized carbons (Fsp3) is 0.231. The zero-order valence-corrected chi connectivity index (χ0v) is 8.79. The Kier molecular flexibility index (Phi) is 3.52. The summed E-state index contributed by atoms with van der Waals surface area (Å²) in [6, 6.07) is 7.91. The first-order chi connectivity index (χ1) is 6.69. The quantitative estimate of drug-likeness (QED) is 0.657. The summed E-state index contributed by atoms with van der Waals surface area (Å²) in [4.78, 5) is 0. The van der Waals surface area contributed by atoms with E-state index in [-0.39, 0.29) is 0 Å². The number of ether oxygens (including phenoxy) is 1. The molecule has 1 rings (SSSR count). The SMILES string of the molecule is C=CC(C)C(=C)c1ccc(OC)cc1. The van der Waals surface area contributed by atoms with Crippen molar-refractivity contribution in [2.45, 2.75) is 6.92 Å². The summed E-state index contributed by atoms with van der Waals surface area (Å²) in [6.07, 6.45) is 1.90. The Bertz CT molecular complexity index is 322. The highest BCUT2D eigenvalue weighted by atomic mass is 16.5. The van der Waals surface area contributed by atoms with Crippen LogP contribution < -0.4 is 4.74 Å². The lowest BCUT2D eigenvalue weighted by Crippen LogP contribution is -1.93. The van der Waals surface area contributed by atoms with Gasteiger partial charge in [-0.15, -0.1) is 6.58 Å². The molecular weight excluding hydrogens is 172 g/mol. The van der Waals surface area contributed by atoms with Gasteiger partial charge in [0.15, 0.2) is 0 Å². The highest BCUT2D eigenvalue weighted by Gasteiger charge is 2.04. The third-order valence-electron chi connectivity index (χ3n) is 2.36. The molecule has 0 aliphatic heterocycles. The average Bonchev–Trinajstić information content (AvgIpc) is 2.27. The van der Waals surface area contributed by atoms with Gasteiger partial charge in [-0.25, -0.2) is 0 Å². The summed E-state index contributed by atoms with van der Waals surface area (Å²) < 4.78 is 5.09. The molecule has 0 N–H and O–H groups in total. The number of rotatable bonds is 4. The molecule has 0 bridgehead atoms. The Balaban J connectivity index is 2.86. The summed E-state index contributed by atoms with van der Waals surface area (Å²) in [7, 11) is 1.66. The summed E-state index contributed by atoms with van der Waals surface area (Å²) >= 11 is 0. The Morgan fingerprint density at radius 3 is 2.36 bits per heavy atom. The fourth-order valence-electron chi connectivity index (χ4n) is 1.21. The van der Waals surface area contributed by atoms with Crippen molar-refractivity contribution in [1.82, 2.24) is 0 Å². The molecule has 0 spiro atoms. The third kappa shape index (κ3) is 2.25. The number of benzene rings is 1. The molecule has 0 saturated carbocycles. The van der Waals surface area contributed by atoms with Gasteiger partial charge in [0.2, 0.25) is 0 Å². The second-order valence-electron chi connectivity index (χ2n) is 3.28. The van der Waals surface area contributed by atoms with E-state index in [2.05, 4.69) is 20.1 Å². The van der Waals surface area contributed by atoms with E-state index in [0.29, 0.717) is 5.92 Å². The van der Waals surface area contributed by atoms with Crippen LogP contribution in [0, 0.1) is 5.92 Å². The molecule has 74 valence electrons. The van der Waals surface area contributed by atoms with E-state index in [4.69, 9.17) is 4.74 Å². The van der Waals surface area contributed by atoms with Crippen LogP contribution in [0.15, 0.2) is 43.5 Å². The lowest BCUT2D eigenvalue weighted by Gasteiger charge is -2.10. The topological polar surface area (TPSA) is 9.23 Å². The molecule has 0 aromatic heterocycles. The summed E-state index contributed by atoms with van der Waals surface area (Å²) in [5, 5.41) is 0. The molecule has 1 unspecified atom stereocenters. The van der Waals surface area contributed by atoms with E-state index in [9.17, 15) is 0 Å². The minimum Gasteiger partial charge on any atom is -0.497 e. The van der Waals surface area contributed by atoms with Gasteiger partial charge < -0.3 is 4.74 Å². The van der Waals surface area contributed by atoms with E-state index in [0.717, 1.165) is 16.9 Å². The Morgan fingerprint density at radius 2 is 1.93 bits per heavy atom. The Labute approximate surface area is 85.7 Å². The predicted molar refractivity (Wildman–Crippen MR) is 61.4 cm³/mol. The molecule has 0 aliphatic rings. The van der Waals surface area contributed by atoms with E-state index < -0.39 is 0 Å². The van der Waals surface area contributed by atoms with Gasteiger partial charge in [0, 0.05) is 0 Å². The summed E-state index contributed by atoms with van der Waals surface area (Å²) in [5.74, 6) is 1.18. The molecule has 0 heterocycles. The second kappa shape index (κ2) is 4.66. The normalized spacial score (nSPS) is 11.9. The molecule has 1 heteroatoms. The van der Waals surface area contributed by atoms with Gasteiger partial charge in [-0.1, -0.05) is 31.7 Å². The van der Waals surface area contributed by atoms with Crippen molar-refractivity contribution in [3.05, 3.63) is 49.1 Å². The van der Waals surface area contributed by atoms with Crippen LogP contribution in [-0.4, -0.2) is 7.11 Å². The van der Waals surface area contributed by atoms with E-state index in [1.54, 1.807) is 7.11 Å². The first-order valence-corrected chi connectivity index (χ1v) is 4.64. The molecule has 1 aromatic rings. The van der Waals surface area contributed by atoms with Gasteiger partial charge in [0.05, 0.1) is 7.11 Å².